The van der Waals surface area contributed by atoms with Crippen molar-refractivity contribution in [3.8, 4) is 5.75 Å². The molecule has 1 N–H and O–H groups in total. The number of pyridine rings is 1. The molecule has 6 nitrogen and oxygen atoms in total. The van der Waals surface area contributed by atoms with Crippen molar-refractivity contribution in [2.45, 2.75) is 53.2 Å². The molecule has 1 saturated heterocycles. The van der Waals surface area contributed by atoms with E-state index in [4.69, 9.17) is 4.74 Å². The number of piperazine rings is 1. The summed E-state index contributed by atoms with van der Waals surface area (Å²) in [7, 11) is 1.71. The lowest BCUT2D eigenvalue weighted by Gasteiger charge is -2.37. The summed E-state index contributed by atoms with van der Waals surface area (Å²) < 4.78 is 5.50. The minimum absolute atomic E-state index is 0.0797. The fourth-order valence-corrected chi connectivity index (χ4v) is 3.32. The van der Waals surface area contributed by atoms with Crippen LogP contribution in [-0.4, -0.2) is 66.1 Å². The second-order valence-electron chi connectivity index (χ2n) is 7.20. The summed E-state index contributed by atoms with van der Waals surface area (Å²) in [5.41, 5.74) is 3.26. The molecule has 2 heterocycles. The molecule has 0 aromatic carbocycles. The maximum atomic E-state index is 12.2. The number of aromatic nitrogens is 1. The number of hydrogen-bond acceptors (Lipinski definition) is 5. The lowest BCUT2D eigenvalue weighted by molar-refractivity contribution is -0.127. The molecule has 0 bridgehead atoms. The number of nitrogens with one attached hydrogen (secondary N) is 1. The Labute approximate surface area is 151 Å². The Morgan fingerprint density at radius 2 is 1.88 bits per heavy atom. The van der Waals surface area contributed by atoms with Gasteiger partial charge in [0.05, 0.1) is 18.8 Å². The van der Waals surface area contributed by atoms with Gasteiger partial charge in [-0.3, -0.25) is 19.6 Å². The Hall–Kier alpha value is -1.66. The van der Waals surface area contributed by atoms with Crippen LogP contribution in [0.3, 0.4) is 0 Å². The predicted octanol–water partition coefficient (Wildman–Crippen LogP) is 1.74. The topological polar surface area (TPSA) is 57.7 Å². The number of rotatable bonds is 6. The number of hydrogen-bond donors (Lipinski definition) is 1. The minimum atomic E-state index is -0.0797. The summed E-state index contributed by atoms with van der Waals surface area (Å²) in [6, 6.07) is 0.102. The highest BCUT2D eigenvalue weighted by Gasteiger charge is 2.26. The minimum Gasteiger partial charge on any atom is -0.496 e. The van der Waals surface area contributed by atoms with Gasteiger partial charge in [-0.2, -0.15) is 0 Å². The molecule has 0 saturated carbocycles. The van der Waals surface area contributed by atoms with Gasteiger partial charge in [0, 0.05) is 56.1 Å². The fraction of sp³-hybridized carbons (Fsp3) is 0.684. The highest BCUT2D eigenvalue weighted by molar-refractivity contribution is 5.81. The van der Waals surface area contributed by atoms with Crippen LogP contribution in [0.5, 0.6) is 5.75 Å². The molecule has 0 unspecified atom stereocenters. The number of carbonyl (C=O) groups is 1. The van der Waals surface area contributed by atoms with Crippen molar-refractivity contribution in [2.75, 3.05) is 33.3 Å². The third-order valence-electron chi connectivity index (χ3n) is 4.89. The Bertz CT molecular complexity index is 595. The molecule has 1 aromatic rings. The Balaban J connectivity index is 1.92. The zero-order chi connectivity index (χ0) is 18.6. The van der Waals surface area contributed by atoms with Crippen LogP contribution in [0.25, 0.3) is 0 Å². The van der Waals surface area contributed by atoms with Crippen LogP contribution in [0.1, 0.15) is 37.6 Å². The highest BCUT2D eigenvalue weighted by Crippen LogP contribution is 2.25. The average molecular weight is 348 g/mol. The van der Waals surface area contributed by atoms with E-state index in [1.54, 1.807) is 7.11 Å². The SMILES string of the molecule is COc1c(C)cnc(CN2CCN([C@@H](C)C(=O)NC(C)C)CC2)c1C. The summed E-state index contributed by atoms with van der Waals surface area (Å²) in [6.07, 6.45) is 1.88. The fourth-order valence-electron chi connectivity index (χ4n) is 3.32. The van der Waals surface area contributed by atoms with Gasteiger partial charge in [-0.25, -0.2) is 0 Å². The molecule has 25 heavy (non-hydrogen) atoms. The summed E-state index contributed by atoms with van der Waals surface area (Å²) in [5.74, 6) is 1.05. The zero-order valence-corrected chi connectivity index (χ0v) is 16.4. The van der Waals surface area contributed by atoms with Crippen molar-refractivity contribution < 1.29 is 9.53 Å². The number of nitrogens with zero attached hydrogens (tertiary/aromatic N) is 3. The van der Waals surface area contributed by atoms with Gasteiger partial charge in [0.15, 0.2) is 0 Å². The van der Waals surface area contributed by atoms with Gasteiger partial charge in [0.2, 0.25) is 5.91 Å². The molecule has 1 fully saturated rings. The number of carbonyl (C=O) groups excluding carboxylic acids is 1. The lowest BCUT2D eigenvalue weighted by Crippen LogP contribution is -2.54. The Kier molecular flexibility index (Phi) is 6.79. The van der Waals surface area contributed by atoms with Gasteiger partial charge in [-0.15, -0.1) is 0 Å². The van der Waals surface area contributed by atoms with Gasteiger partial charge in [0.25, 0.3) is 0 Å². The molecular formula is C19H32N4O2. The molecule has 6 heteroatoms. The number of ether oxygens (including phenoxy) is 1. The van der Waals surface area contributed by atoms with Gasteiger partial charge in [-0.1, -0.05) is 0 Å². The van der Waals surface area contributed by atoms with Crippen LogP contribution in [0, 0.1) is 13.8 Å². The first-order valence-corrected chi connectivity index (χ1v) is 9.09. The first kappa shape index (κ1) is 19.7. The second-order valence-corrected chi connectivity index (χ2v) is 7.20. The molecule has 0 radical (unpaired) electrons. The van der Waals surface area contributed by atoms with Crippen molar-refractivity contribution in [3.05, 3.63) is 23.0 Å². The zero-order valence-electron chi connectivity index (χ0n) is 16.4. The van der Waals surface area contributed by atoms with Gasteiger partial charge in [-0.05, 0) is 34.6 Å². The lowest BCUT2D eigenvalue weighted by atomic mass is 10.1. The van der Waals surface area contributed by atoms with Crippen LogP contribution < -0.4 is 10.1 Å². The second kappa shape index (κ2) is 8.63. The molecule has 0 aliphatic carbocycles. The van der Waals surface area contributed by atoms with Gasteiger partial charge in [0.1, 0.15) is 5.75 Å². The maximum Gasteiger partial charge on any atom is 0.237 e. The van der Waals surface area contributed by atoms with Crippen LogP contribution in [0.4, 0.5) is 0 Å². The van der Waals surface area contributed by atoms with Crippen molar-refractivity contribution in [1.82, 2.24) is 20.1 Å². The number of methoxy groups -OCH3 is 1. The monoisotopic (exact) mass is 348 g/mol. The molecule has 140 valence electrons. The summed E-state index contributed by atoms with van der Waals surface area (Å²) >= 11 is 0. The quantitative estimate of drug-likeness (QED) is 0.849. The van der Waals surface area contributed by atoms with E-state index in [2.05, 4.69) is 27.0 Å². The molecule has 2 rings (SSSR count). The van der Waals surface area contributed by atoms with E-state index in [0.717, 1.165) is 55.3 Å². The summed E-state index contributed by atoms with van der Waals surface area (Å²) in [6.45, 7) is 14.6. The standard InChI is InChI=1S/C19H32N4O2/c1-13(2)21-19(24)16(5)23-9-7-22(8-10-23)12-17-15(4)18(25-6)14(3)11-20-17/h11,13,16H,7-10,12H2,1-6H3,(H,21,24)/t16-/m0/s1. The van der Waals surface area contributed by atoms with Crippen molar-refractivity contribution in [1.29, 1.82) is 0 Å². The molecule has 1 aliphatic rings. The summed E-state index contributed by atoms with van der Waals surface area (Å²) in [4.78, 5) is 21.4. The van der Waals surface area contributed by atoms with E-state index in [-0.39, 0.29) is 18.0 Å². The van der Waals surface area contributed by atoms with E-state index >= 15 is 0 Å². The molecular weight excluding hydrogens is 316 g/mol. The van der Waals surface area contributed by atoms with E-state index in [1.165, 1.54) is 0 Å². The van der Waals surface area contributed by atoms with Gasteiger partial charge >= 0.3 is 0 Å². The molecule has 1 aliphatic heterocycles. The third-order valence-corrected chi connectivity index (χ3v) is 4.89. The van der Waals surface area contributed by atoms with Crippen LogP contribution in [0.15, 0.2) is 6.20 Å². The van der Waals surface area contributed by atoms with Gasteiger partial charge < -0.3 is 10.1 Å². The van der Waals surface area contributed by atoms with Crippen LogP contribution >= 0.6 is 0 Å². The first-order chi connectivity index (χ1) is 11.8. The molecule has 0 spiro atoms. The number of aryl methyl sites for hydroxylation is 1. The van der Waals surface area contributed by atoms with Crippen molar-refractivity contribution in [3.63, 3.8) is 0 Å². The van der Waals surface area contributed by atoms with Crippen molar-refractivity contribution in [2.24, 2.45) is 0 Å². The highest BCUT2D eigenvalue weighted by atomic mass is 16.5. The van der Waals surface area contributed by atoms with Crippen LogP contribution in [-0.2, 0) is 11.3 Å². The normalized spacial score (nSPS) is 17.6. The molecule has 1 amide bonds. The van der Waals surface area contributed by atoms with E-state index < -0.39 is 0 Å². The van der Waals surface area contributed by atoms with E-state index in [1.807, 2.05) is 33.9 Å². The molecule has 1 aromatic heterocycles. The van der Waals surface area contributed by atoms with E-state index in [9.17, 15) is 4.79 Å². The maximum absolute atomic E-state index is 12.2. The predicted molar refractivity (Wildman–Crippen MR) is 99.9 cm³/mol. The molecule has 1 atom stereocenters. The number of amides is 1. The van der Waals surface area contributed by atoms with Crippen molar-refractivity contribution >= 4 is 5.91 Å². The van der Waals surface area contributed by atoms with E-state index in [0.29, 0.717) is 0 Å². The smallest absolute Gasteiger partial charge is 0.237 e. The third kappa shape index (κ3) is 4.92. The largest absolute Gasteiger partial charge is 0.496 e. The average Bonchev–Trinajstić information content (AvgIpc) is 2.57. The first-order valence-electron chi connectivity index (χ1n) is 9.09. The van der Waals surface area contributed by atoms with Crippen LogP contribution in [0.2, 0.25) is 0 Å². The Morgan fingerprint density at radius 3 is 2.44 bits per heavy atom. The summed E-state index contributed by atoms with van der Waals surface area (Å²) in [5, 5.41) is 3.00. The Morgan fingerprint density at radius 1 is 1.24 bits per heavy atom.